The van der Waals surface area contributed by atoms with Crippen LogP contribution in [-0.2, 0) is 9.59 Å². The van der Waals surface area contributed by atoms with E-state index in [0.717, 1.165) is 77.8 Å². The first-order valence-corrected chi connectivity index (χ1v) is 9.60. The lowest BCUT2D eigenvalue weighted by Crippen LogP contribution is -2.51. The van der Waals surface area contributed by atoms with E-state index in [9.17, 15) is 9.59 Å². The largest absolute Gasteiger partial charge is 0.396 e. The number of aliphatic hydroxyl groups excluding tert-OH is 1. The molecule has 3 rings (SSSR count). The molecule has 0 aliphatic carbocycles. The summed E-state index contributed by atoms with van der Waals surface area (Å²) in [6.45, 7) is 5.37. The third-order valence-corrected chi connectivity index (χ3v) is 5.88. The van der Waals surface area contributed by atoms with Crippen molar-refractivity contribution in [3.05, 3.63) is 0 Å². The number of amides is 2. The van der Waals surface area contributed by atoms with Crippen LogP contribution in [0.3, 0.4) is 0 Å². The number of hydrogen-bond donors (Lipinski definition) is 1. The van der Waals surface area contributed by atoms with E-state index in [2.05, 4.69) is 9.80 Å². The molecule has 3 aliphatic rings. The van der Waals surface area contributed by atoms with Gasteiger partial charge in [-0.3, -0.25) is 14.5 Å². The van der Waals surface area contributed by atoms with Crippen LogP contribution in [0.1, 0.15) is 44.9 Å². The van der Waals surface area contributed by atoms with E-state index in [-0.39, 0.29) is 24.9 Å². The van der Waals surface area contributed by atoms with Gasteiger partial charge in [-0.05, 0) is 45.1 Å². The smallest absolute Gasteiger partial charge is 0.226 e. The monoisotopic (exact) mass is 337 g/mol. The van der Waals surface area contributed by atoms with Crippen LogP contribution in [0.5, 0.6) is 0 Å². The zero-order chi connectivity index (χ0) is 16.9. The second kappa shape index (κ2) is 8.30. The highest BCUT2D eigenvalue weighted by Crippen LogP contribution is 2.26. The zero-order valence-electron chi connectivity index (χ0n) is 14.7. The van der Waals surface area contributed by atoms with Gasteiger partial charge in [0, 0.05) is 45.2 Å². The molecular weight excluding hydrogens is 306 g/mol. The minimum atomic E-state index is -0.0643. The van der Waals surface area contributed by atoms with Crippen molar-refractivity contribution >= 4 is 11.8 Å². The van der Waals surface area contributed by atoms with Crippen LogP contribution >= 0.6 is 0 Å². The number of carbonyl (C=O) groups excluding carboxylic acids is 2. The molecule has 1 unspecified atom stereocenters. The highest BCUT2D eigenvalue weighted by Gasteiger charge is 2.34. The van der Waals surface area contributed by atoms with Crippen molar-refractivity contribution in [2.24, 2.45) is 5.92 Å². The maximum atomic E-state index is 12.7. The minimum absolute atomic E-state index is 0.0643. The van der Waals surface area contributed by atoms with Crippen molar-refractivity contribution in [1.29, 1.82) is 0 Å². The maximum Gasteiger partial charge on any atom is 0.226 e. The van der Waals surface area contributed by atoms with Gasteiger partial charge in [0.1, 0.15) is 0 Å². The highest BCUT2D eigenvalue weighted by molar-refractivity contribution is 5.79. The third-order valence-electron chi connectivity index (χ3n) is 5.88. The molecule has 6 nitrogen and oxygen atoms in total. The Morgan fingerprint density at radius 2 is 1.58 bits per heavy atom. The summed E-state index contributed by atoms with van der Waals surface area (Å²) in [5, 5.41) is 8.90. The Hall–Kier alpha value is -1.14. The van der Waals surface area contributed by atoms with E-state index in [0.29, 0.717) is 11.9 Å². The lowest BCUT2D eigenvalue weighted by molar-refractivity contribution is -0.136. The average molecular weight is 337 g/mol. The van der Waals surface area contributed by atoms with Gasteiger partial charge in [0.05, 0.1) is 12.5 Å². The predicted octanol–water partition coefficient (Wildman–Crippen LogP) is 0.694. The van der Waals surface area contributed by atoms with Crippen LogP contribution < -0.4 is 0 Å². The number of hydrogen-bond acceptors (Lipinski definition) is 4. The van der Waals surface area contributed by atoms with Crippen molar-refractivity contribution in [1.82, 2.24) is 14.7 Å². The van der Waals surface area contributed by atoms with Gasteiger partial charge in [-0.25, -0.2) is 0 Å². The summed E-state index contributed by atoms with van der Waals surface area (Å²) in [7, 11) is 0. The normalized spacial score (nSPS) is 26.8. The van der Waals surface area contributed by atoms with Crippen LogP contribution in [0.15, 0.2) is 0 Å². The summed E-state index contributed by atoms with van der Waals surface area (Å²) in [6.07, 6.45) is 6.66. The SMILES string of the molecule is O=C(CCO)N1CCC(N2CCCC(C(=O)N3CCCC3)C2)CC1. The zero-order valence-corrected chi connectivity index (χ0v) is 14.7. The lowest BCUT2D eigenvalue weighted by atomic mass is 9.93. The number of aliphatic hydroxyl groups is 1. The first kappa shape index (κ1) is 17.7. The van der Waals surface area contributed by atoms with Crippen LogP contribution in [0, 0.1) is 5.92 Å². The predicted molar refractivity (Wildman–Crippen MR) is 91.4 cm³/mol. The Morgan fingerprint density at radius 1 is 0.875 bits per heavy atom. The third kappa shape index (κ3) is 4.09. The van der Waals surface area contributed by atoms with Crippen LogP contribution in [0.4, 0.5) is 0 Å². The Labute approximate surface area is 144 Å². The number of likely N-dealkylation sites (tertiary alicyclic amines) is 3. The second-order valence-corrected chi connectivity index (χ2v) is 7.45. The molecule has 136 valence electrons. The van der Waals surface area contributed by atoms with Crippen LogP contribution in [-0.4, -0.2) is 83.5 Å². The van der Waals surface area contributed by atoms with Gasteiger partial charge in [0.15, 0.2) is 0 Å². The Kier molecular flexibility index (Phi) is 6.11. The summed E-state index contributed by atoms with van der Waals surface area (Å²) in [6, 6.07) is 0.498. The molecule has 0 radical (unpaired) electrons. The van der Waals surface area contributed by atoms with E-state index in [1.165, 1.54) is 0 Å². The van der Waals surface area contributed by atoms with E-state index < -0.39 is 0 Å². The quantitative estimate of drug-likeness (QED) is 0.820. The molecule has 0 bridgehead atoms. The summed E-state index contributed by atoms with van der Waals surface area (Å²) >= 11 is 0. The molecule has 24 heavy (non-hydrogen) atoms. The van der Waals surface area contributed by atoms with E-state index in [1.54, 1.807) is 0 Å². The summed E-state index contributed by atoms with van der Waals surface area (Å²) in [5.41, 5.74) is 0. The number of rotatable bonds is 4. The molecule has 3 heterocycles. The molecule has 3 fully saturated rings. The standard InChI is InChI=1S/C18H31N3O3/c22-13-7-17(23)19-11-5-16(6-12-19)21-10-3-4-15(14-21)18(24)20-8-1-2-9-20/h15-16,22H,1-14H2. The van der Waals surface area contributed by atoms with Crippen LogP contribution in [0.25, 0.3) is 0 Å². The first-order chi connectivity index (χ1) is 11.7. The topological polar surface area (TPSA) is 64.1 Å². The number of nitrogens with zero attached hydrogens (tertiary/aromatic N) is 3. The summed E-state index contributed by atoms with van der Waals surface area (Å²) < 4.78 is 0. The van der Waals surface area contributed by atoms with Crippen molar-refractivity contribution in [2.75, 3.05) is 45.9 Å². The molecular formula is C18H31N3O3. The first-order valence-electron chi connectivity index (χ1n) is 9.60. The van der Waals surface area contributed by atoms with Gasteiger partial charge in [0.2, 0.25) is 11.8 Å². The molecule has 0 aromatic carbocycles. The Morgan fingerprint density at radius 3 is 2.25 bits per heavy atom. The minimum Gasteiger partial charge on any atom is -0.396 e. The highest BCUT2D eigenvalue weighted by atomic mass is 16.3. The summed E-state index contributed by atoms with van der Waals surface area (Å²) in [5.74, 6) is 0.607. The van der Waals surface area contributed by atoms with Crippen LogP contribution in [0.2, 0.25) is 0 Å². The van der Waals surface area contributed by atoms with Crippen molar-refractivity contribution in [3.8, 4) is 0 Å². The van der Waals surface area contributed by atoms with Gasteiger partial charge in [-0.2, -0.15) is 0 Å². The fourth-order valence-electron chi connectivity index (χ4n) is 4.47. The van der Waals surface area contributed by atoms with Crippen molar-refractivity contribution in [2.45, 2.75) is 51.0 Å². The Bertz CT molecular complexity index is 443. The van der Waals surface area contributed by atoms with Crippen molar-refractivity contribution < 1.29 is 14.7 Å². The van der Waals surface area contributed by atoms with E-state index in [1.807, 2.05) is 4.90 Å². The molecule has 6 heteroatoms. The molecule has 0 saturated carbocycles. The lowest BCUT2D eigenvalue weighted by Gasteiger charge is -2.42. The van der Waals surface area contributed by atoms with Gasteiger partial charge >= 0.3 is 0 Å². The molecule has 1 N–H and O–H groups in total. The fraction of sp³-hybridized carbons (Fsp3) is 0.889. The van der Waals surface area contributed by atoms with E-state index >= 15 is 0 Å². The molecule has 0 spiro atoms. The summed E-state index contributed by atoms with van der Waals surface area (Å²) in [4.78, 5) is 31.0. The molecule has 0 aromatic heterocycles. The molecule has 0 aromatic rings. The Balaban J connectivity index is 1.48. The average Bonchev–Trinajstić information content (AvgIpc) is 3.16. The number of piperidine rings is 2. The molecule has 3 saturated heterocycles. The second-order valence-electron chi connectivity index (χ2n) is 7.45. The fourth-order valence-corrected chi connectivity index (χ4v) is 4.47. The van der Waals surface area contributed by atoms with Gasteiger partial charge in [-0.1, -0.05) is 0 Å². The molecule has 3 aliphatic heterocycles. The van der Waals surface area contributed by atoms with Gasteiger partial charge in [0.25, 0.3) is 0 Å². The molecule has 1 atom stereocenters. The van der Waals surface area contributed by atoms with Crippen molar-refractivity contribution in [3.63, 3.8) is 0 Å². The van der Waals surface area contributed by atoms with Gasteiger partial charge in [-0.15, -0.1) is 0 Å². The van der Waals surface area contributed by atoms with Gasteiger partial charge < -0.3 is 14.9 Å². The van der Waals surface area contributed by atoms with E-state index in [4.69, 9.17) is 5.11 Å². The molecule has 2 amide bonds. The number of carbonyl (C=O) groups is 2. The maximum absolute atomic E-state index is 12.7.